The lowest BCUT2D eigenvalue weighted by Gasteiger charge is -2.26. The Bertz CT molecular complexity index is 186. The van der Waals surface area contributed by atoms with Crippen molar-refractivity contribution in [2.45, 2.75) is 50.8 Å². The normalized spacial score (nSPS) is 39.4. The van der Waals surface area contributed by atoms with Crippen molar-refractivity contribution in [3.63, 3.8) is 0 Å². The second kappa shape index (κ2) is 4.60. The molecule has 0 amide bonds. The Kier molecular flexibility index (Phi) is 3.42. The zero-order valence-corrected chi connectivity index (χ0v) is 9.08. The second-order valence-electron chi connectivity index (χ2n) is 4.69. The van der Waals surface area contributed by atoms with Crippen LogP contribution >= 0.6 is 0 Å². The summed E-state index contributed by atoms with van der Waals surface area (Å²) in [6.07, 6.45) is 4.82. The average molecular weight is 198 g/mol. The number of aliphatic hydroxyl groups excluding tert-OH is 1. The topological polar surface area (TPSA) is 35.5 Å². The first-order valence-electron chi connectivity index (χ1n) is 5.95. The zero-order chi connectivity index (χ0) is 9.97. The standard InChI is InChI=1S/C11H22N2O/c1-2-10-4-3-5-13(10)8-9-6-11(14)7-12-9/h9-12,14H,2-8H2,1H3. The fraction of sp³-hybridized carbons (Fsp3) is 1.00. The van der Waals surface area contributed by atoms with Crippen molar-refractivity contribution in [3.05, 3.63) is 0 Å². The fourth-order valence-corrected chi connectivity index (χ4v) is 2.82. The minimum atomic E-state index is -0.109. The summed E-state index contributed by atoms with van der Waals surface area (Å²) in [4.78, 5) is 2.59. The first-order chi connectivity index (χ1) is 6.79. The number of aliphatic hydroxyl groups is 1. The highest BCUT2D eigenvalue weighted by Gasteiger charge is 2.28. The molecule has 82 valence electrons. The van der Waals surface area contributed by atoms with E-state index in [1.54, 1.807) is 0 Å². The molecule has 0 aromatic rings. The Hall–Kier alpha value is -0.120. The summed E-state index contributed by atoms with van der Waals surface area (Å²) in [6.45, 7) is 5.46. The van der Waals surface area contributed by atoms with Gasteiger partial charge in [0.25, 0.3) is 0 Å². The van der Waals surface area contributed by atoms with Crippen molar-refractivity contribution >= 4 is 0 Å². The lowest BCUT2D eigenvalue weighted by molar-refractivity contribution is 0.183. The maximum atomic E-state index is 9.42. The molecular weight excluding hydrogens is 176 g/mol. The van der Waals surface area contributed by atoms with Gasteiger partial charge in [0, 0.05) is 25.2 Å². The van der Waals surface area contributed by atoms with Crippen LogP contribution in [-0.2, 0) is 0 Å². The molecule has 2 heterocycles. The Morgan fingerprint density at radius 2 is 2.36 bits per heavy atom. The molecule has 0 radical (unpaired) electrons. The van der Waals surface area contributed by atoms with Crippen LogP contribution in [0.5, 0.6) is 0 Å². The van der Waals surface area contributed by atoms with Crippen LogP contribution in [0.3, 0.4) is 0 Å². The van der Waals surface area contributed by atoms with Crippen LogP contribution in [-0.4, -0.2) is 47.8 Å². The van der Waals surface area contributed by atoms with E-state index >= 15 is 0 Å². The minimum Gasteiger partial charge on any atom is -0.392 e. The number of β-amino-alcohol motifs (C(OH)–C–C–N with tert-alkyl or cyclic N) is 1. The third-order valence-electron chi connectivity index (χ3n) is 3.62. The van der Waals surface area contributed by atoms with E-state index in [1.165, 1.54) is 25.8 Å². The molecule has 0 aromatic carbocycles. The summed E-state index contributed by atoms with van der Waals surface area (Å²) in [5.74, 6) is 0. The van der Waals surface area contributed by atoms with Gasteiger partial charge >= 0.3 is 0 Å². The van der Waals surface area contributed by atoms with E-state index in [4.69, 9.17) is 0 Å². The summed E-state index contributed by atoms with van der Waals surface area (Å²) in [7, 11) is 0. The molecule has 14 heavy (non-hydrogen) atoms. The Morgan fingerprint density at radius 3 is 3.00 bits per heavy atom. The van der Waals surface area contributed by atoms with Gasteiger partial charge in [-0.3, -0.25) is 4.90 Å². The zero-order valence-electron chi connectivity index (χ0n) is 9.08. The molecule has 3 atom stereocenters. The van der Waals surface area contributed by atoms with Crippen LogP contribution in [0.25, 0.3) is 0 Å². The molecule has 3 nitrogen and oxygen atoms in total. The number of likely N-dealkylation sites (tertiary alicyclic amines) is 1. The van der Waals surface area contributed by atoms with E-state index in [9.17, 15) is 5.11 Å². The third-order valence-corrected chi connectivity index (χ3v) is 3.62. The van der Waals surface area contributed by atoms with Gasteiger partial charge in [-0.2, -0.15) is 0 Å². The van der Waals surface area contributed by atoms with Crippen LogP contribution in [0.15, 0.2) is 0 Å². The van der Waals surface area contributed by atoms with Crippen molar-refractivity contribution in [3.8, 4) is 0 Å². The van der Waals surface area contributed by atoms with Crippen LogP contribution in [0, 0.1) is 0 Å². The van der Waals surface area contributed by atoms with Crippen LogP contribution in [0.4, 0.5) is 0 Å². The Balaban J connectivity index is 1.79. The Labute approximate surface area is 86.5 Å². The molecule has 0 saturated carbocycles. The molecule has 0 bridgehead atoms. The summed E-state index contributed by atoms with van der Waals surface area (Å²) in [6, 6.07) is 1.33. The highest BCUT2D eigenvalue weighted by atomic mass is 16.3. The molecule has 0 aromatic heterocycles. The van der Waals surface area contributed by atoms with E-state index < -0.39 is 0 Å². The summed E-state index contributed by atoms with van der Waals surface area (Å²) in [5.41, 5.74) is 0. The highest BCUT2D eigenvalue weighted by molar-refractivity contribution is 4.87. The largest absolute Gasteiger partial charge is 0.392 e. The van der Waals surface area contributed by atoms with Gasteiger partial charge in [-0.25, -0.2) is 0 Å². The van der Waals surface area contributed by atoms with Crippen molar-refractivity contribution in [2.75, 3.05) is 19.6 Å². The van der Waals surface area contributed by atoms with E-state index in [2.05, 4.69) is 17.1 Å². The number of nitrogens with one attached hydrogen (secondary N) is 1. The predicted octanol–water partition coefficient (Wildman–Crippen LogP) is 0.584. The molecule has 2 aliphatic heterocycles. The number of hydrogen-bond donors (Lipinski definition) is 2. The molecule has 2 rings (SSSR count). The molecule has 3 heteroatoms. The minimum absolute atomic E-state index is 0.109. The van der Waals surface area contributed by atoms with Crippen LogP contribution in [0.1, 0.15) is 32.6 Å². The van der Waals surface area contributed by atoms with Gasteiger partial charge in [-0.15, -0.1) is 0 Å². The Morgan fingerprint density at radius 1 is 1.50 bits per heavy atom. The molecule has 2 saturated heterocycles. The molecule has 2 aliphatic rings. The summed E-state index contributed by atoms with van der Waals surface area (Å²) >= 11 is 0. The quantitative estimate of drug-likeness (QED) is 0.696. The number of hydrogen-bond acceptors (Lipinski definition) is 3. The van der Waals surface area contributed by atoms with E-state index in [0.717, 1.165) is 25.6 Å². The van der Waals surface area contributed by atoms with Crippen LogP contribution in [0.2, 0.25) is 0 Å². The van der Waals surface area contributed by atoms with Crippen molar-refractivity contribution in [2.24, 2.45) is 0 Å². The smallest absolute Gasteiger partial charge is 0.0680 e. The highest BCUT2D eigenvalue weighted by Crippen LogP contribution is 2.21. The van der Waals surface area contributed by atoms with Gasteiger partial charge in [0.1, 0.15) is 0 Å². The SMILES string of the molecule is CCC1CCCN1CC1CC(O)CN1. The van der Waals surface area contributed by atoms with Gasteiger partial charge in [-0.05, 0) is 32.2 Å². The van der Waals surface area contributed by atoms with E-state index in [1.807, 2.05) is 0 Å². The average Bonchev–Trinajstić information content (AvgIpc) is 2.76. The lowest BCUT2D eigenvalue weighted by atomic mass is 10.1. The van der Waals surface area contributed by atoms with Gasteiger partial charge in [-0.1, -0.05) is 6.92 Å². The van der Waals surface area contributed by atoms with E-state index in [-0.39, 0.29) is 6.10 Å². The second-order valence-corrected chi connectivity index (χ2v) is 4.69. The van der Waals surface area contributed by atoms with Crippen LogP contribution < -0.4 is 5.32 Å². The van der Waals surface area contributed by atoms with Crippen molar-refractivity contribution in [1.82, 2.24) is 10.2 Å². The van der Waals surface area contributed by atoms with E-state index in [0.29, 0.717) is 6.04 Å². The van der Waals surface area contributed by atoms with Gasteiger partial charge in [0.15, 0.2) is 0 Å². The molecular formula is C11H22N2O. The van der Waals surface area contributed by atoms with Gasteiger partial charge in [0.2, 0.25) is 0 Å². The number of rotatable bonds is 3. The third kappa shape index (κ3) is 2.27. The maximum absolute atomic E-state index is 9.42. The van der Waals surface area contributed by atoms with Crippen molar-refractivity contribution in [1.29, 1.82) is 0 Å². The first kappa shape index (κ1) is 10.4. The predicted molar refractivity (Wildman–Crippen MR) is 57.3 cm³/mol. The first-order valence-corrected chi connectivity index (χ1v) is 5.95. The number of nitrogens with zero attached hydrogens (tertiary/aromatic N) is 1. The summed E-state index contributed by atoms with van der Waals surface area (Å²) in [5, 5.41) is 12.8. The summed E-state index contributed by atoms with van der Waals surface area (Å²) < 4.78 is 0. The van der Waals surface area contributed by atoms with Gasteiger partial charge in [0.05, 0.1) is 6.10 Å². The lowest BCUT2D eigenvalue weighted by Crippen LogP contribution is -2.39. The monoisotopic (exact) mass is 198 g/mol. The maximum Gasteiger partial charge on any atom is 0.0680 e. The molecule has 2 fully saturated rings. The van der Waals surface area contributed by atoms with Gasteiger partial charge < -0.3 is 10.4 Å². The molecule has 3 unspecified atom stereocenters. The van der Waals surface area contributed by atoms with Crippen molar-refractivity contribution < 1.29 is 5.11 Å². The molecule has 2 N–H and O–H groups in total. The molecule has 0 spiro atoms. The molecule has 0 aliphatic carbocycles. The fourth-order valence-electron chi connectivity index (χ4n) is 2.82.